The third-order valence-corrected chi connectivity index (χ3v) is 10.1. The molecule has 0 aromatic heterocycles. The zero-order valence-corrected chi connectivity index (χ0v) is 20.5. The molecule has 4 aliphatic carbocycles. The number of carbonyl (C=O) groups is 3. The molecular weight excluding hydrogens is 436 g/mol. The first-order valence-electron chi connectivity index (χ1n) is 12.7. The molecule has 4 fully saturated rings. The highest BCUT2D eigenvalue weighted by atomic mass is 16.7. The number of aliphatic hydroxyl groups is 1. The van der Waals surface area contributed by atoms with Crippen LogP contribution in [0.15, 0.2) is 16.8 Å². The molecule has 0 spiro atoms. The molecule has 8 nitrogen and oxygen atoms in total. The van der Waals surface area contributed by atoms with E-state index in [9.17, 15) is 19.5 Å². The Morgan fingerprint density at radius 2 is 1.74 bits per heavy atom. The Morgan fingerprint density at radius 1 is 1.03 bits per heavy atom. The van der Waals surface area contributed by atoms with Crippen LogP contribution in [0.3, 0.4) is 0 Å². The van der Waals surface area contributed by atoms with Crippen LogP contribution in [0, 0.1) is 28.6 Å². The molecule has 1 heterocycles. The maximum atomic E-state index is 11.9. The van der Waals surface area contributed by atoms with E-state index in [1.165, 1.54) is 5.57 Å². The Morgan fingerprint density at radius 3 is 2.47 bits per heavy atom. The van der Waals surface area contributed by atoms with Crippen molar-refractivity contribution >= 4 is 23.5 Å². The normalized spacial score (nSPS) is 42.7. The molecule has 34 heavy (non-hydrogen) atoms. The predicted molar refractivity (Wildman–Crippen MR) is 123 cm³/mol. The second kappa shape index (κ2) is 8.18. The minimum atomic E-state index is -0.820. The number of hydrogen-bond donors (Lipinski definition) is 1. The van der Waals surface area contributed by atoms with Gasteiger partial charge in [-0.1, -0.05) is 24.6 Å². The lowest BCUT2D eigenvalue weighted by molar-refractivity contribution is -0.200. The number of imide groups is 1. The van der Waals surface area contributed by atoms with Gasteiger partial charge in [-0.15, -0.1) is 5.06 Å². The van der Waals surface area contributed by atoms with E-state index in [-0.39, 0.29) is 23.7 Å². The second-order valence-corrected chi connectivity index (χ2v) is 11.7. The Balaban J connectivity index is 1.22. The van der Waals surface area contributed by atoms with Crippen LogP contribution in [-0.4, -0.2) is 45.9 Å². The van der Waals surface area contributed by atoms with Gasteiger partial charge in [0.25, 0.3) is 11.8 Å². The first-order valence-corrected chi connectivity index (χ1v) is 12.7. The van der Waals surface area contributed by atoms with E-state index in [1.807, 2.05) is 6.92 Å². The minimum absolute atomic E-state index is 0.0276. The van der Waals surface area contributed by atoms with Gasteiger partial charge in [-0.2, -0.15) is 0 Å². The fourth-order valence-corrected chi connectivity index (χ4v) is 7.84. The molecule has 186 valence electrons. The number of fused-ring (bicyclic) bond motifs is 5. The quantitative estimate of drug-likeness (QED) is 0.494. The number of oxime groups is 1. The van der Waals surface area contributed by atoms with Crippen LogP contribution in [0.4, 0.5) is 0 Å². The topological polar surface area (TPSA) is 106 Å². The van der Waals surface area contributed by atoms with Gasteiger partial charge in [0.05, 0.1) is 11.3 Å². The van der Waals surface area contributed by atoms with Gasteiger partial charge in [0, 0.05) is 12.8 Å². The van der Waals surface area contributed by atoms with E-state index in [0.29, 0.717) is 22.8 Å². The van der Waals surface area contributed by atoms with Crippen molar-refractivity contribution in [2.45, 2.75) is 90.6 Å². The number of carbonyl (C=O) groups excluding carboxylic acids is 3. The van der Waals surface area contributed by atoms with Crippen LogP contribution in [0.5, 0.6) is 0 Å². The average molecular weight is 473 g/mol. The van der Waals surface area contributed by atoms with Gasteiger partial charge in [0.2, 0.25) is 6.61 Å². The molecule has 1 aliphatic heterocycles. The van der Waals surface area contributed by atoms with Crippen LogP contribution in [0.25, 0.3) is 0 Å². The molecule has 1 N–H and O–H groups in total. The Bertz CT molecular complexity index is 954. The van der Waals surface area contributed by atoms with Gasteiger partial charge < -0.3 is 14.8 Å². The predicted octanol–water partition coefficient (Wildman–Crippen LogP) is 3.68. The van der Waals surface area contributed by atoms with Gasteiger partial charge in [-0.25, -0.2) is 4.79 Å². The van der Waals surface area contributed by atoms with Gasteiger partial charge in [0.15, 0.2) is 0 Å². The van der Waals surface area contributed by atoms with Crippen molar-refractivity contribution < 1.29 is 29.2 Å². The van der Waals surface area contributed by atoms with E-state index in [1.54, 1.807) is 0 Å². The molecule has 0 bridgehead atoms. The van der Waals surface area contributed by atoms with Crippen molar-refractivity contribution in [1.29, 1.82) is 0 Å². The molecule has 0 aromatic rings. The maximum absolute atomic E-state index is 11.9. The number of hydrogen-bond acceptors (Lipinski definition) is 7. The first kappa shape index (κ1) is 23.5. The summed E-state index contributed by atoms with van der Waals surface area (Å²) < 4.78 is 0. The highest BCUT2D eigenvalue weighted by molar-refractivity contribution is 6.01. The van der Waals surface area contributed by atoms with Gasteiger partial charge in [0.1, 0.15) is 0 Å². The van der Waals surface area contributed by atoms with Gasteiger partial charge >= 0.3 is 5.97 Å². The standard InChI is InChI=1S/C26H36N2O6/c1-24-11-8-17(27-33-15-23(31)34-28-21(29)6-7-22(28)30)14-16(24)4-5-18-19(24)9-12-25(2)20(18)10-13-26(25,3)32/h14,18-20,32H,4-13,15H2,1-3H3/t18-,19?,20?,24+,25+,26+/m1/s1. The summed E-state index contributed by atoms with van der Waals surface area (Å²) in [6.45, 7) is 6.32. The van der Waals surface area contributed by atoms with E-state index in [4.69, 9.17) is 9.68 Å². The summed E-state index contributed by atoms with van der Waals surface area (Å²) in [5.74, 6) is 0.0438. The molecule has 3 saturated carbocycles. The lowest BCUT2D eigenvalue weighted by atomic mass is 9.46. The highest BCUT2D eigenvalue weighted by Crippen LogP contribution is 2.67. The molecular formula is C26H36N2O6. The van der Waals surface area contributed by atoms with E-state index in [2.05, 4.69) is 25.1 Å². The third-order valence-electron chi connectivity index (χ3n) is 10.1. The van der Waals surface area contributed by atoms with E-state index in [0.717, 1.165) is 57.1 Å². The largest absolute Gasteiger partial charge is 0.390 e. The summed E-state index contributed by atoms with van der Waals surface area (Å²) in [5, 5.41) is 15.8. The summed E-state index contributed by atoms with van der Waals surface area (Å²) in [4.78, 5) is 45.1. The van der Waals surface area contributed by atoms with Gasteiger partial charge in [-0.3, -0.25) is 9.59 Å². The summed E-state index contributed by atoms with van der Waals surface area (Å²) in [6, 6.07) is 0. The van der Waals surface area contributed by atoms with Crippen molar-refractivity contribution in [3.8, 4) is 0 Å². The van der Waals surface area contributed by atoms with Crippen LogP contribution in [0.2, 0.25) is 0 Å². The zero-order valence-electron chi connectivity index (χ0n) is 20.5. The van der Waals surface area contributed by atoms with Crippen molar-refractivity contribution in [2.75, 3.05) is 6.61 Å². The molecule has 1 saturated heterocycles. The third kappa shape index (κ3) is 3.60. The maximum Gasteiger partial charge on any atom is 0.373 e. The number of amides is 2. The fraction of sp³-hybridized carbons (Fsp3) is 0.769. The van der Waals surface area contributed by atoms with Crippen LogP contribution in [-0.2, 0) is 24.1 Å². The minimum Gasteiger partial charge on any atom is -0.390 e. The number of allylic oxidation sites excluding steroid dienone is 2. The van der Waals surface area contributed by atoms with Gasteiger partial charge in [-0.05, 0) is 93.0 Å². The lowest BCUT2D eigenvalue weighted by Crippen LogP contribution is -2.53. The lowest BCUT2D eigenvalue weighted by Gasteiger charge is -2.59. The van der Waals surface area contributed by atoms with Crippen LogP contribution < -0.4 is 0 Å². The molecule has 2 amide bonds. The van der Waals surface area contributed by atoms with Crippen molar-refractivity contribution in [3.63, 3.8) is 0 Å². The highest BCUT2D eigenvalue weighted by Gasteiger charge is 2.62. The molecule has 2 unspecified atom stereocenters. The van der Waals surface area contributed by atoms with Crippen LogP contribution >= 0.6 is 0 Å². The van der Waals surface area contributed by atoms with Crippen molar-refractivity contribution in [2.24, 2.45) is 33.7 Å². The number of rotatable bonds is 4. The van der Waals surface area contributed by atoms with Crippen molar-refractivity contribution in [3.05, 3.63) is 11.6 Å². The number of nitrogens with zero attached hydrogens (tertiary/aromatic N) is 2. The zero-order chi connectivity index (χ0) is 24.3. The SMILES string of the molecule is C[C@]12CCC(=NOCC(=O)ON3C(=O)CCC3=O)C=C1CC[C@@H]1C2CC[C@@]2(C)C1CC[C@]2(C)O. The summed E-state index contributed by atoms with van der Waals surface area (Å²) in [5.41, 5.74) is 1.86. The second-order valence-electron chi connectivity index (χ2n) is 11.7. The Kier molecular flexibility index (Phi) is 5.66. The summed E-state index contributed by atoms with van der Waals surface area (Å²) in [6.07, 6.45) is 10.5. The van der Waals surface area contributed by atoms with E-state index >= 15 is 0 Å². The van der Waals surface area contributed by atoms with Crippen LogP contribution in [0.1, 0.15) is 85.0 Å². The molecule has 6 atom stereocenters. The Labute approximate surface area is 200 Å². The fourth-order valence-electron chi connectivity index (χ4n) is 7.84. The average Bonchev–Trinajstić information content (AvgIpc) is 3.23. The summed E-state index contributed by atoms with van der Waals surface area (Å²) >= 11 is 0. The monoisotopic (exact) mass is 472 g/mol. The first-order chi connectivity index (χ1) is 16.0. The summed E-state index contributed by atoms with van der Waals surface area (Å²) in [7, 11) is 0. The smallest absolute Gasteiger partial charge is 0.373 e. The van der Waals surface area contributed by atoms with E-state index < -0.39 is 30.0 Å². The molecule has 0 aromatic carbocycles. The Hall–Kier alpha value is -2.22. The molecule has 0 radical (unpaired) electrons. The number of hydroxylamine groups is 2. The molecule has 5 rings (SSSR count). The van der Waals surface area contributed by atoms with Crippen molar-refractivity contribution in [1.82, 2.24) is 5.06 Å². The molecule has 8 heteroatoms. The molecule has 5 aliphatic rings.